The summed E-state index contributed by atoms with van der Waals surface area (Å²) in [6, 6.07) is 0.210. The van der Waals surface area contributed by atoms with E-state index in [1.807, 2.05) is 25.7 Å². The standard InChI is InChI=1S/C15H26N2O4/c1-15(2,3)21-14(20)16-8-9-17(13(19)10-16)11-4-6-12(18)7-5-11/h11-12,18H,4-10H2,1-3H3. The minimum absolute atomic E-state index is 0.0199. The second-order valence-electron chi connectivity index (χ2n) is 6.95. The summed E-state index contributed by atoms with van der Waals surface area (Å²) >= 11 is 0. The van der Waals surface area contributed by atoms with Crippen LogP contribution in [-0.2, 0) is 9.53 Å². The van der Waals surface area contributed by atoms with E-state index in [2.05, 4.69) is 0 Å². The summed E-state index contributed by atoms with van der Waals surface area (Å²) in [5.41, 5.74) is -0.545. The minimum Gasteiger partial charge on any atom is -0.444 e. The number of ether oxygens (including phenoxy) is 1. The molecule has 0 aromatic carbocycles. The summed E-state index contributed by atoms with van der Waals surface area (Å²) in [6.07, 6.45) is 2.56. The van der Waals surface area contributed by atoms with Crippen LogP contribution in [0.2, 0.25) is 0 Å². The molecule has 2 fully saturated rings. The molecular weight excluding hydrogens is 272 g/mol. The number of aliphatic hydroxyl groups is 1. The molecule has 6 heteroatoms. The lowest BCUT2D eigenvalue weighted by atomic mass is 9.91. The number of carbonyl (C=O) groups excluding carboxylic acids is 2. The summed E-state index contributed by atoms with van der Waals surface area (Å²) in [7, 11) is 0. The van der Waals surface area contributed by atoms with Crippen LogP contribution in [0.3, 0.4) is 0 Å². The maximum Gasteiger partial charge on any atom is 0.410 e. The molecule has 0 radical (unpaired) electrons. The van der Waals surface area contributed by atoms with Gasteiger partial charge in [0.25, 0.3) is 0 Å². The van der Waals surface area contributed by atoms with Gasteiger partial charge in [-0.25, -0.2) is 4.79 Å². The van der Waals surface area contributed by atoms with E-state index < -0.39 is 11.7 Å². The largest absolute Gasteiger partial charge is 0.444 e. The molecule has 2 amide bonds. The summed E-state index contributed by atoms with van der Waals surface area (Å²) in [4.78, 5) is 27.6. The Morgan fingerprint density at radius 2 is 1.81 bits per heavy atom. The van der Waals surface area contributed by atoms with E-state index in [0.29, 0.717) is 13.1 Å². The van der Waals surface area contributed by atoms with Crippen molar-refractivity contribution < 1.29 is 19.4 Å². The Balaban J connectivity index is 1.87. The van der Waals surface area contributed by atoms with E-state index in [0.717, 1.165) is 25.7 Å². The molecule has 21 heavy (non-hydrogen) atoms. The zero-order chi connectivity index (χ0) is 15.6. The van der Waals surface area contributed by atoms with Crippen molar-refractivity contribution in [2.45, 2.75) is 64.2 Å². The van der Waals surface area contributed by atoms with Gasteiger partial charge >= 0.3 is 6.09 Å². The molecule has 6 nitrogen and oxygen atoms in total. The first-order valence-electron chi connectivity index (χ1n) is 7.72. The molecule has 0 aromatic rings. The van der Waals surface area contributed by atoms with Gasteiger partial charge in [0, 0.05) is 19.1 Å². The molecular formula is C15H26N2O4. The third-order valence-corrected chi connectivity index (χ3v) is 4.02. The van der Waals surface area contributed by atoms with Crippen molar-refractivity contribution in [1.82, 2.24) is 9.80 Å². The first-order chi connectivity index (χ1) is 9.76. The van der Waals surface area contributed by atoms with Crippen LogP contribution in [0.15, 0.2) is 0 Å². The molecule has 1 aliphatic heterocycles. The van der Waals surface area contributed by atoms with E-state index in [1.165, 1.54) is 4.90 Å². The molecule has 1 N–H and O–H groups in total. The fourth-order valence-corrected chi connectivity index (χ4v) is 2.92. The molecule has 0 atom stereocenters. The van der Waals surface area contributed by atoms with Crippen molar-refractivity contribution in [1.29, 1.82) is 0 Å². The number of hydrogen-bond acceptors (Lipinski definition) is 4. The Kier molecular flexibility index (Phi) is 4.76. The predicted octanol–water partition coefficient (Wildman–Crippen LogP) is 1.37. The van der Waals surface area contributed by atoms with Crippen LogP contribution in [0.1, 0.15) is 46.5 Å². The molecule has 1 heterocycles. The molecule has 2 aliphatic rings. The van der Waals surface area contributed by atoms with Crippen molar-refractivity contribution >= 4 is 12.0 Å². The lowest BCUT2D eigenvalue weighted by Gasteiger charge is -2.41. The molecule has 1 aliphatic carbocycles. The van der Waals surface area contributed by atoms with Crippen molar-refractivity contribution in [3.05, 3.63) is 0 Å². The predicted molar refractivity (Wildman–Crippen MR) is 77.8 cm³/mol. The Morgan fingerprint density at radius 3 is 2.33 bits per heavy atom. The van der Waals surface area contributed by atoms with Gasteiger partial charge in [-0.3, -0.25) is 9.69 Å². The Bertz CT molecular complexity index is 397. The molecule has 1 saturated heterocycles. The highest BCUT2D eigenvalue weighted by Crippen LogP contribution is 2.24. The van der Waals surface area contributed by atoms with Crippen molar-refractivity contribution in [3.8, 4) is 0 Å². The van der Waals surface area contributed by atoms with Crippen LogP contribution in [-0.4, -0.2) is 64.3 Å². The average Bonchev–Trinajstić information content (AvgIpc) is 2.38. The van der Waals surface area contributed by atoms with E-state index in [9.17, 15) is 14.7 Å². The maximum absolute atomic E-state index is 12.3. The molecule has 1 saturated carbocycles. The van der Waals surface area contributed by atoms with Crippen LogP contribution in [0.25, 0.3) is 0 Å². The van der Waals surface area contributed by atoms with E-state index in [1.54, 1.807) is 0 Å². The van der Waals surface area contributed by atoms with E-state index in [4.69, 9.17) is 4.74 Å². The quantitative estimate of drug-likeness (QED) is 0.794. The monoisotopic (exact) mass is 298 g/mol. The highest BCUT2D eigenvalue weighted by molar-refractivity contribution is 5.83. The molecule has 2 rings (SSSR count). The first-order valence-corrected chi connectivity index (χ1v) is 7.72. The number of aliphatic hydroxyl groups excluding tert-OH is 1. The van der Waals surface area contributed by atoms with Gasteiger partial charge in [-0.15, -0.1) is 0 Å². The SMILES string of the molecule is CC(C)(C)OC(=O)N1CCN(C2CCC(O)CC2)C(=O)C1. The summed E-state index contributed by atoms with van der Waals surface area (Å²) in [5.74, 6) is -0.0199. The maximum atomic E-state index is 12.3. The van der Waals surface area contributed by atoms with Crippen LogP contribution in [0.5, 0.6) is 0 Å². The molecule has 0 bridgehead atoms. The van der Waals surface area contributed by atoms with Gasteiger partial charge < -0.3 is 14.7 Å². The third-order valence-electron chi connectivity index (χ3n) is 4.02. The highest BCUT2D eigenvalue weighted by atomic mass is 16.6. The van der Waals surface area contributed by atoms with Crippen LogP contribution in [0.4, 0.5) is 4.79 Å². The minimum atomic E-state index is -0.545. The summed E-state index contributed by atoms with van der Waals surface area (Å²) < 4.78 is 5.30. The average molecular weight is 298 g/mol. The Morgan fingerprint density at radius 1 is 1.19 bits per heavy atom. The number of piperazine rings is 1. The smallest absolute Gasteiger partial charge is 0.410 e. The van der Waals surface area contributed by atoms with Crippen molar-refractivity contribution in [2.75, 3.05) is 19.6 Å². The highest BCUT2D eigenvalue weighted by Gasteiger charge is 2.34. The molecule has 120 valence electrons. The second kappa shape index (κ2) is 6.22. The molecule has 0 aromatic heterocycles. The second-order valence-corrected chi connectivity index (χ2v) is 6.95. The van der Waals surface area contributed by atoms with Crippen LogP contribution in [0, 0.1) is 0 Å². The van der Waals surface area contributed by atoms with Gasteiger partial charge in [-0.05, 0) is 46.5 Å². The van der Waals surface area contributed by atoms with Crippen LogP contribution < -0.4 is 0 Å². The Labute approximate surface area is 126 Å². The van der Waals surface area contributed by atoms with Crippen molar-refractivity contribution in [2.24, 2.45) is 0 Å². The normalized spacial score (nSPS) is 27.7. The van der Waals surface area contributed by atoms with Crippen molar-refractivity contribution in [3.63, 3.8) is 0 Å². The molecule has 0 spiro atoms. The Hall–Kier alpha value is -1.30. The number of rotatable bonds is 1. The lowest BCUT2D eigenvalue weighted by Crippen LogP contribution is -2.56. The number of amides is 2. The van der Waals surface area contributed by atoms with Crippen LogP contribution >= 0.6 is 0 Å². The topological polar surface area (TPSA) is 70.1 Å². The van der Waals surface area contributed by atoms with Gasteiger partial charge in [0.1, 0.15) is 12.1 Å². The fraction of sp³-hybridized carbons (Fsp3) is 0.867. The first kappa shape index (κ1) is 16.1. The summed E-state index contributed by atoms with van der Waals surface area (Å²) in [5, 5.41) is 9.54. The van der Waals surface area contributed by atoms with Gasteiger partial charge in [-0.1, -0.05) is 0 Å². The third kappa shape index (κ3) is 4.33. The summed E-state index contributed by atoms with van der Waals surface area (Å²) in [6.45, 7) is 6.61. The van der Waals surface area contributed by atoms with E-state index in [-0.39, 0.29) is 24.6 Å². The zero-order valence-corrected chi connectivity index (χ0v) is 13.2. The number of nitrogens with zero attached hydrogens (tertiary/aromatic N) is 2. The molecule has 0 unspecified atom stereocenters. The number of carbonyl (C=O) groups is 2. The van der Waals surface area contributed by atoms with Gasteiger partial charge in [0.05, 0.1) is 6.10 Å². The van der Waals surface area contributed by atoms with Gasteiger partial charge in [-0.2, -0.15) is 0 Å². The fourth-order valence-electron chi connectivity index (χ4n) is 2.92. The lowest BCUT2D eigenvalue weighted by molar-refractivity contribution is -0.139. The zero-order valence-electron chi connectivity index (χ0n) is 13.2. The van der Waals surface area contributed by atoms with Gasteiger partial charge in [0.2, 0.25) is 5.91 Å². The van der Waals surface area contributed by atoms with Gasteiger partial charge in [0.15, 0.2) is 0 Å². The van der Waals surface area contributed by atoms with E-state index >= 15 is 0 Å². The number of hydrogen-bond donors (Lipinski definition) is 1.